The molecule has 1 aromatic heterocycles. The minimum absolute atomic E-state index is 0.0576. The topological polar surface area (TPSA) is 49.0 Å². The molecule has 0 aliphatic carbocycles. The molecule has 0 unspecified atom stereocenters. The zero-order valence-corrected chi connectivity index (χ0v) is 10.1. The lowest BCUT2D eigenvalue weighted by Gasteiger charge is -2.12. The molecule has 1 N–H and O–H groups in total. The van der Waals surface area contributed by atoms with E-state index in [0.717, 1.165) is 37.2 Å². The van der Waals surface area contributed by atoms with Gasteiger partial charge >= 0.3 is 0 Å². The summed E-state index contributed by atoms with van der Waals surface area (Å²) < 4.78 is 0. The third kappa shape index (κ3) is 2.01. The Morgan fingerprint density at radius 1 is 1.17 bits per heavy atom. The van der Waals surface area contributed by atoms with Crippen molar-refractivity contribution >= 4 is 5.91 Å². The Hall–Kier alpha value is -2.10. The first-order chi connectivity index (χ1) is 8.84. The van der Waals surface area contributed by atoms with Gasteiger partial charge in [-0.05, 0) is 18.9 Å². The summed E-state index contributed by atoms with van der Waals surface area (Å²) in [5, 5.41) is 7.05. The molecule has 0 radical (unpaired) electrons. The van der Waals surface area contributed by atoms with E-state index >= 15 is 0 Å². The molecule has 4 heteroatoms. The maximum absolute atomic E-state index is 12.1. The number of amides is 1. The van der Waals surface area contributed by atoms with Gasteiger partial charge in [0.05, 0.1) is 5.69 Å². The van der Waals surface area contributed by atoms with Gasteiger partial charge in [0.25, 0.3) is 5.91 Å². The molecular formula is C14H15N3O. The van der Waals surface area contributed by atoms with Gasteiger partial charge in [-0.25, -0.2) is 0 Å². The summed E-state index contributed by atoms with van der Waals surface area (Å²) in [5.74, 6) is 0.0576. The molecule has 1 amide bonds. The van der Waals surface area contributed by atoms with Gasteiger partial charge in [-0.15, -0.1) is 0 Å². The number of carbonyl (C=O) groups excluding carboxylic acids is 1. The summed E-state index contributed by atoms with van der Waals surface area (Å²) in [5.41, 5.74) is 2.42. The van der Waals surface area contributed by atoms with Crippen LogP contribution in [0.1, 0.15) is 23.3 Å². The molecular weight excluding hydrogens is 226 g/mol. The van der Waals surface area contributed by atoms with Crippen LogP contribution in [0, 0.1) is 0 Å². The average molecular weight is 241 g/mol. The Bertz CT molecular complexity index is 541. The Balaban J connectivity index is 1.83. The standard InChI is InChI=1S/C14H15N3O/c18-14(17-8-4-5-9-17)13-10-12(15-16-13)11-6-2-1-3-7-11/h1-3,6-7,10H,4-5,8-9H2,(H,15,16). The summed E-state index contributed by atoms with van der Waals surface area (Å²) in [7, 11) is 0. The fourth-order valence-electron chi connectivity index (χ4n) is 2.28. The number of aromatic amines is 1. The normalized spacial score (nSPS) is 15.0. The van der Waals surface area contributed by atoms with Crippen molar-refractivity contribution in [2.45, 2.75) is 12.8 Å². The van der Waals surface area contributed by atoms with Crippen LogP contribution in [0.5, 0.6) is 0 Å². The van der Waals surface area contributed by atoms with Gasteiger partial charge in [-0.2, -0.15) is 5.10 Å². The zero-order valence-electron chi connectivity index (χ0n) is 10.1. The zero-order chi connectivity index (χ0) is 12.4. The average Bonchev–Trinajstić information content (AvgIpc) is 3.10. The van der Waals surface area contributed by atoms with E-state index in [2.05, 4.69) is 10.2 Å². The fraction of sp³-hybridized carbons (Fsp3) is 0.286. The van der Waals surface area contributed by atoms with Crippen molar-refractivity contribution in [3.63, 3.8) is 0 Å². The Kier molecular flexibility index (Phi) is 2.84. The van der Waals surface area contributed by atoms with Gasteiger partial charge in [0.2, 0.25) is 0 Å². The van der Waals surface area contributed by atoms with Crippen molar-refractivity contribution in [1.82, 2.24) is 15.1 Å². The molecule has 0 saturated carbocycles. The second kappa shape index (κ2) is 4.64. The van der Waals surface area contributed by atoms with Crippen LogP contribution in [-0.4, -0.2) is 34.1 Å². The van der Waals surface area contributed by atoms with Crippen LogP contribution in [0.2, 0.25) is 0 Å². The SMILES string of the molecule is O=C(c1cc(-c2ccccc2)n[nH]1)N1CCCC1. The first-order valence-electron chi connectivity index (χ1n) is 6.25. The van der Waals surface area contributed by atoms with Crippen molar-refractivity contribution < 1.29 is 4.79 Å². The van der Waals surface area contributed by atoms with E-state index in [1.54, 1.807) is 0 Å². The maximum Gasteiger partial charge on any atom is 0.271 e. The molecule has 1 aliphatic heterocycles. The quantitative estimate of drug-likeness (QED) is 0.877. The van der Waals surface area contributed by atoms with Crippen LogP contribution in [0.25, 0.3) is 11.3 Å². The molecule has 2 heterocycles. The Morgan fingerprint density at radius 2 is 1.89 bits per heavy atom. The largest absolute Gasteiger partial charge is 0.337 e. The first kappa shape index (κ1) is 11.0. The summed E-state index contributed by atoms with van der Waals surface area (Å²) >= 11 is 0. The number of rotatable bonds is 2. The molecule has 0 spiro atoms. The predicted octanol–water partition coefficient (Wildman–Crippen LogP) is 2.31. The van der Waals surface area contributed by atoms with Crippen LogP contribution in [0.15, 0.2) is 36.4 Å². The van der Waals surface area contributed by atoms with Crippen LogP contribution in [0.4, 0.5) is 0 Å². The van der Waals surface area contributed by atoms with E-state index in [9.17, 15) is 4.79 Å². The molecule has 18 heavy (non-hydrogen) atoms. The predicted molar refractivity (Wildman–Crippen MR) is 69.2 cm³/mol. The van der Waals surface area contributed by atoms with Crippen molar-refractivity contribution in [3.05, 3.63) is 42.1 Å². The number of nitrogens with one attached hydrogen (secondary N) is 1. The van der Waals surface area contributed by atoms with E-state index in [0.29, 0.717) is 5.69 Å². The third-order valence-corrected chi connectivity index (χ3v) is 3.27. The van der Waals surface area contributed by atoms with Crippen LogP contribution < -0.4 is 0 Å². The molecule has 0 atom stereocenters. The Morgan fingerprint density at radius 3 is 2.61 bits per heavy atom. The Labute approximate surface area is 106 Å². The molecule has 0 bridgehead atoms. The highest BCUT2D eigenvalue weighted by molar-refractivity contribution is 5.93. The highest BCUT2D eigenvalue weighted by Crippen LogP contribution is 2.18. The second-order valence-electron chi connectivity index (χ2n) is 4.53. The van der Waals surface area contributed by atoms with Gasteiger partial charge in [-0.1, -0.05) is 30.3 Å². The summed E-state index contributed by atoms with van der Waals surface area (Å²) in [6.45, 7) is 1.72. The fourth-order valence-corrected chi connectivity index (χ4v) is 2.28. The summed E-state index contributed by atoms with van der Waals surface area (Å²) in [6, 6.07) is 11.7. The highest BCUT2D eigenvalue weighted by Gasteiger charge is 2.21. The molecule has 3 rings (SSSR count). The molecule has 1 saturated heterocycles. The van der Waals surface area contributed by atoms with E-state index in [4.69, 9.17) is 0 Å². The van der Waals surface area contributed by atoms with Crippen molar-refractivity contribution in [3.8, 4) is 11.3 Å². The third-order valence-electron chi connectivity index (χ3n) is 3.27. The van der Waals surface area contributed by atoms with Gasteiger partial charge in [0.15, 0.2) is 0 Å². The minimum Gasteiger partial charge on any atom is -0.337 e. The lowest BCUT2D eigenvalue weighted by molar-refractivity contribution is 0.0787. The maximum atomic E-state index is 12.1. The number of aromatic nitrogens is 2. The number of carbonyl (C=O) groups is 1. The first-order valence-corrected chi connectivity index (χ1v) is 6.25. The van der Waals surface area contributed by atoms with Crippen molar-refractivity contribution in [1.29, 1.82) is 0 Å². The summed E-state index contributed by atoms with van der Waals surface area (Å²) in [6.07, 6.45) is 2.21. The van der Waals surface area contributed by atoms with E-state index in [1.165, 1.54) is 0 Å². The molecule has 92 valence electrons. The van der Waals surface area contributed by atoms with Gasteiger partial charge in [0.1, 0.15) is 5.69 Å². The summed E-state index contributed by atoms with van der Waals surface area (Å²) in [4.78, 5) is 14.0. The molecule has 1 aliphatic rings. The highest BCUT2D eigenvalue weighted by atomic mass is 16.2. The monoisotopic (exact) mass is 241 g/mol. The minimum atomic E-state index is 0.0576. The van der Waals surface area contributed by atoms with Crippen molar-refractivity contribution in [2.75, 3.05) is 13.1 Å². The second-order valence-corrected chi connectivity index (χ2v) is 4.53. The van der Waals surface area contributed by atoms with Crippen LogP contribution in [-0.2, 0) is 0 Å². The van der Waals surface area contributed by atoms with E-state index in [1.807, 2.05) is 41.3 Å². The van der Waals surface area contributed by atoms with Crippen LogP contribution in [0.3, 0.4) is 0 Å². The number of likely N-dealkylation sites (tertiary alicyclic amines) is 1. The lowest BCUT2D eigenvalue weighted by atomic mass is 10.1. The smallest absolute Gasteiger partial charge is 0.271 e. The number of hydrogen-bond acceptors (Lipinski definition) is 2. The molecule has 4 nitrogen and oxygen atoms in total. The van der Waals surface area contributed by atoms with Gasteiger partial charge < -0.3 is 4.90 Å². The lowest BCUT2D eigenvalue weighted by Crippen LogP contribution is -2.27. The molecule has 1 fully saturated rings. The number of nitrogens with zero attached hydrogens (tertiary/aromatic N) is 2. The van der Waals surface area contributed by atoms with E-state index < -0.39 is 0 Å². The number of benzene rings is 1. The van der Waals surface area contributed by atoms with Gasteiger partial charge in [-0.3, -0.25) is 9.89 Å². The molecule has 1 aromatic carbocycles. The number of H-pyrrole nitrogens is 1. The molecule has 2 aromatic rings. The van der Waals surface area contributed by atoms with Crippen LogP contribution >= 0.6 is 0 Å². The van der Waals surface area contributed by atoms with Crippen molar-refractivity contribution in [2.24, 2.45) is 0 Å². The van der Waals surface area contributed by atoms with E-state index in [-0.39, 0.29) is 5.91 Å². The number of hydrogen-bond donors (Lipinski definition) is 1. The van der Waals surface area contributed by atoms with Gasteiger partial charge in [0, 0.05) is 18.7 Å².